The average molecular weight is 756 g/mol. The van der Waals surface area contributed by atoms with Crippen LogP contribution in [0.15, 0.2) is 36.4 Å². The highest BCUT2D eigenvalue weighted by Gasteiger charge is 2.45. The second kappa shape index (κ2) is 17.4. The minimum Gasteiger partial charge on any atom is -0.496 e. The van der Waals surface area contributed by atoms with Crippen LogP contribution in [0, 0.1) is 11.8 Å². The maximum Gasteiger partial charge on any atom is 0.393 e. The first-order valence-corrected chi connectivity index (χ1v) is 19.2. The second-order valence-electron chi connectivity index (χ2n) is 14.8. The summed E-state index contributed by atoms with van der Waals surface area (Å²) in [6.07, 6.45) is 9.87. The summed E-state index contributed by atoms with van der Waals surface area (Å²) in [4.78, 5) is 78.5. The maximum absolute atomic E-state index is 13.3. The third-order valence-electron chi connectivity index (χ3n) is 10.8. The number of hydrogen-bond acceptors (Lipinski definition) is 10. The fourth-order valence-electron chi connectivity index (χ4n) is 7.74. The van der Waals surface area contributed by atoms with Crippen LogP contribution in [0.3, 0.4) is 0 Å². The minimum atomic E-state index is -0.989. The number of piperidine rings is 1. The van der Waals surface area contributed by atoms with Gasteiger partial charge in [-0.15, -0.1) is 0 Å². The van der Waals surface area contributed by atoms with E-state index in [-0.39, 0.29) is 47.6 Å². The molecule has 4 heterocycles. The molecule has 2 aromatic rings. The molecule has 6 amide bonds. The lowest BCUT2D eigenvalue weighted by molar-refractivity contribution is -0.417. The van der Waals surface area contributed by atoms with Crippen molar-refractivity contribution in [3.8, 4) is 11.5 Å². The van der Waals surface area contributed by atoms with Gasteiger partial charge in [-0.2, -0.15) is 4.58 Å². The zero-order chi connectivity index (χ0) is 39.2. The van der Waals surface area contributed by atoms with Crippen molar-refractivity contribution >= 4 is 52.9 Å². The summed E-state index contributed by atoms with van der Waals surface area (Å²) in [5, 5.41) is 8.62. The summed E-state index contributed by atoms with van der Waals surface area (Å²) >= 11 is 0. The molecular formula is C41H51N6O8+. The highest BCUT2D eigenvalue weighted by molar-refractivity contribution is 6.25. The van der Waals surface area contributed by atoms with E-state index in [2.05, 4.69) is 20.9 Å². The Morgan fingerprint density at radius 1 is 0.927 bits per heavy atom. The number of carbonyl (C=O) groups excluding carboxylic acids is 6. The predicted molar refractivity (Wildman–Crippen MR) is 205 cm³/mol. The van der Waals surface area contributed by atoms with Crippen LogP contribution in [0.1, 0.15) is 90.1 Å². The summed E-state index contributed by atoms with van der Waals surface area (Å²) < 4.78 is 13.1. The van der Waals surface area contributed by atoms with E-state index in [1.165, 1.54) is 0 Å². The van der Waals surface area contributed by atoms with Gasteiger partial charge in [0.25, 0.3) is 11.8 Å². The molecule has 3 N–H and O–H groups in total. The van der Waals surface area contributed by atoms with Crippen LogP contribution in [0.25, 0.3) is 5.57 Å². The molecule has 55 heavy (non-hydrogen) atoms. The van der Waals surface area contributed by atoms with E-state index in [1.54, 1.807) is 44.0 Å². The number of fused-ring (bicyclic) bond motifs is 1. The minimum absolute atomic E-state index is 0.0487. The van der Waals surface area contributed by atoms with Crippen molar-refractivity contribution in [1.29, 1.82) is 0 Å². The molecule has 0 spiro atoms. The number of hydrogen-bond donors (Lipinski definition) is 3. The van der Waals surface area contributed by atoms with Gasteiger partial charge in [0.05, 0.1) is 36.8 Å². The number of imide groups is 2. The summed E-state index contributed by atoms with van der Waals surface area (Å²) in [7, 11) is 5.03. The van der Waals surface area contributed by atoms with E-state index in [1.807, 2.05) is 31.3 Å². The monoisotopic (exact) mass is 755 g/mol. The Hall–Kier alpha value is -5.37. The van der Waals surface area contributed by atoms with E-state index >= 15 is 0 Å². The molecule has 6 rings (SSSR count). The predicted octanol–water partition coefficient (Wildman–Crippen LogP) is 3.38. The van der Waals surface area contributed by atoms with Gasteiger partial charge in [0.15, 0.2) is 6.21 Å². The Morgan fingerprint density at radius 2 is 1.60 bits per heavy atom. The maximum atomic E-state index is 13.3. The van der Waals surface area contributed by atoms with Gasteiger partial charge >= 0.3 is 5.91 Å². The smallest absolute Gasteiger partial charge is 0.393 e. The molecule has 0 bridgehead atoms. The van der Waals surface area contributed by atoms with E-state index < -0.39 is 29.7 Å². The quantitative estimate of drug-likeness (QED) is 0.124. The highest BCUT2D eigenvalue weighted by atomic mass is 16.5. The SMILES string of the molecule is COc1cc(C2=CC(C)C(=O)[N+](C)=C2)cc(OC)c1CN1CC(C(=O)NCCCCCCCCNc2cccc3c2C(=O)N(C2CCC(=O)NC2=O)C3=O)C1. The molecule has 4 aliphatic heterocycles. The summed E-state index contributed by atoms with van der Waals surface area (Å²) in [5.41, 5.74) is 3.87. The number of likely N-dealkylation sites (tertiary alicyclic amines) is 1. The van der Waals surface area contributed by atoms with Crippen molar-refractivity contribution in [3.05, 3.63) is 58.7 Å². The molecular weight excluding hydrogens is 704 g/mol. The topological polar surface area (TPSA) is 166 Å². The lowest BCUT2D eigenvalue weighted by Gasteiger charge is -2.38. The van der Waals surface area contributed by atoms with Gasteiger partial charge in [-0.3, -0.25) is 39.1 Å². The lowest BCUT2D eigenvalue weighted by Crippen LogP contribution is -2.54. The molecule has 2 fully saturated rings. The van der Waals surface area contributed by atoms with Crippen molar-refractivity contribution in [2.75, 3.05) is 52.8 Å². The van der Waals surface area contributed by atoms with Gasteiger partial charge in [-0.1, -0.05) is 37.8 Å². The fourth-order valence-corrected chi connectivity index (χ4v) is 7.74. The number of allylic oxidation sites excluding steroid dienone is 1. The molecule has 292 valence electrons. The fraction of sp³-hybridized carbons (Fsp3) is 0.488. The lowest BCUT2D eigenvalue weighted by atomic mass is 9.95. The third-order valence-corrected chi connectivity index (χ3v) is 10.8. The molecule has 2 atom stereocenters. The van der Waals surface area contributed by atoms with E-state index in [0.29, 0.717) is 49.9 Å². The molecule has 14 nitrogen and oxygen atoms in total. The largest absolute Gasteiger partial charge is 0.496 e. The number of methoxy groups -OCH3 is 2. The van der Waals surface area contributed by atoms with Crippen molar-refractivity contribution < 1.29 is 42.8 Å². The van der Waals surface area contributed by atoms with Crippen LogP contribution in [0.2, 0.25) is 0 Å². The van der Waals surface area contributed by atoms with Crippen molar-refractivity contribution in [1.82, 2.24) is 20.4 Å². The van der Waals surface area contributed by atoms with Gasteiger partial charge in [0.1, 0.15) is 30.5 Å². The highest BCUT2D eigenvalue weighted by Crippen LogP contribution is 2.36. The van der Waals surface area contributed by atoms with Crippen molar-refractivity contribution in [2.45, 2.75) is 70.9 Å². The number of ether oxygens (including phenoxy) is 2. The number of benzene rings is 2. The van der Waals surface area contributed by atoms with Crippen LogP contribution in [-0.2, 0) is 25.7 Å². The number of amides is 6. The van der Waals surface area contributed by atoms with Crippen LogP contribution < -0.4 is 25.4 Å². The number of unbranched alkanes of at least 4 members (excludes halogenated alkanes) is 5. The van der Waals surface area contributed by atoms with Crippen molar-refractivity contribution in [3.63, 3.8) is 0 Å². The Bertz CT molecular complexity index is 1910. The second-order valence-corrected chi connectivity index (χ2v) is 14.8. The molecule has 0 aliphatic carbocycles. The Labute approximate surface area is 321 Å². The zero-order valence-electron chi connectivity index (χ0n) is 32.1. The van der Waals surface area contributed by atoms with E-state index in [9.17, 15) is 28.8 Å². The summed E-state index contributed by atoms with van der Waals surface area (Å²) in [5.74, 6) is -0.794. The first-order chi connectivity index (χ1) is 26.5. The molecule has 14 heteroatoms. The third kappa shape index (κ3) is 8.64. The number of nitrogens with zero attached hydrogens (tertiary/aromatic N) is 3. The van der Waals surface area contributed by atoms with Gasteiger partial charge in [-0.25, -0.2) is 4.79 Å². The molecule has 0 aromatic heterocycles. The van der Waals surface area contributed by atoms with Crippen LogP contribution in [-0.4, -0.2) is 110 Å². The molecule has 0 radical (unpaired) electrons. The van der Waals surface area contributed by atoms with E-state index in [0.717, 1.165) is 60.1 Å². The standard InChI is InChI=1S/C41H50N6O8/c1-25-18-27(21-45(2)39(25)51)26-19-33(54-3)30(34(20-26)55-4)24-46-22-28(23-46)37(49)43-17-10-8-6-5-7-9-16-42-31-13-11-12-29-36(31)41(53)47(40(29)52)32-14-15-35(48)44-38(32)50/h11-13,18-21,25,28,32H,5-10,14-17,22-24H2,1-4H3,(H2-,42,43,44,48,49,50,53)/p+1. The zero-order valence-corrected chi connectivity index (χ0v) is 32.1. The Kier molecular flexibility index (Phi) is 12.4. The number of carbonyl (C=O) groups is 6. The number of nitrogens with one attached hydrogen (secondary N) is 3. The van der Waals surface area contributed by atoms with Crippen LogP contribution in [0.5, 0.6) is 11.5 Å². The molecule has 4 aliphatic rings. The van der Waals surface area contributed by atoms with Gasteiger partial charge in [-0.05, 0) is 56.0 Å². The van der Waals surface area contributed by atoms with Gasteiger partial charge in [0.2, 0.25) is 17.7 Å². The van der Waals surface area contributed by atoms with Gasteiger partial charge < -0.3 is 20.1 Å². The number of rotatable bonds is 17. The molecule has 2 aromatic carbocycles. The molecule has 0 saturated carbocycles. The van der Waals surface area contributed by atoms with E-state index in [4.69, 9.17) is 9.47 Å². The normalized spacial score (nSPS) is 20.1. The number of anilines is 1. The Balaban J connectivity index is 0.858. The van der Waals surface area contributed by atoms with Crippen LogP contribution >= 0.6 is 0 Å². The first-order valence-electron chi connectivity index (χ1n) is 19.2. The Morgan fingerprint density at radius 3 is 2.25 bits per heavy atom. The van der Waals surface area contributed by atoms with Gasteiger partial charge in [0, 0.05) is 50.4 Å². The molecule has 2 saturated heterocycles. The molecule has 2 unspecified atom stereocenters. The average Bonchev–Trinajstić information content (AvgIpc) is 3.41. The van der Waals surface area contributed by atoms with Crippen molar-refractivity contribution in [2.24, 2.45) is 11.8 Å². The van der Waals surface area contributed by atoms with Crippen LogP contribution in [0.4, 0.5) is 5.69 Å². The first kappa shape index (κ1) is 39.3. The summed E-state index contributed by atoms with van der Waals surface area (Å²) in [6.45, 7) is 5.07. The summed E-state index contributed by atoms with van der Waals surface area (Å²) in [6, 6.07) is 8.03.